The van der Waals surface area contributed by atoms with Crippen LogP contribution >= 0.6 is 11.6 Å². The highest BCUT2D eigenvalue weighted by molar-refractivity contribution is 6.32. The van der Waals surface area contributed by atoms with Gasteiger partial charge in [0.2, 0.25) is 0 Å². The molecule has 1 heterocycles. The summed E-state index contributed by atoms with van der Waals surface area (Å²) in [5.41, 5.74) is 8.62. The molecule has 0 spiro atoms. The Labute approximate surface area is 185 Å². The van der Waals surface area contributed by atoms with Gasteiger partial charge in [-0.15, -0.1) is 0 Å². The van der Waals surface area contributed by atoms with Crippen LogP contribution in [0.3, 0.4) is 0 Å². The van der Waals surface area contributed by atoms with Gasteiger partial charge in [0.25, 0.3) is 5.91 Å². The number of aromatic hydroxyl groups is 1. The Hall–Kier alpha value is -3.57. The molecule has 0 aliphatic carbocycles. The van der Waals surface area contributed by atoms with Crippen molar-refractivity contribution < 1.29 is 9.90 Å². The van der Waals surface area contributed by atoms with E-state index in [0.717, 1.165) is 23.0 Å². The molecule has 4 aromatic rings. The van der Waals surface area contributed by atoms with E-state index in [0.29, 0.717) is 5.56 Å². The number of halogens is 1. The maximum Gasteiger partial charge on any atom is 0.271 e. The van der Waals surface area contributed by atoms with Crippen LogP contribution in [0.2, 0.25) is 5.02 Å². The highest BCUT2D eigenvalue weighted by Crippen LogP contribution is 2.24. The number of phenols is 1. The maximum absolute atomic E-state index is 12.3. The van der Waals surface area contributed by atoms with Crippen LogP contribution in [0.1, 0.15) is 32.6 Å². The summed E-state index contributed by atoms with van der Waals surface area (Å²) < 4.78 is 2.21. The molecule has 1 amide bonds. The van der Waals surface area contributed by atoms with E-state index >= 15 is 0 Å². The van der Waals surface area contributed by atoms with E-state index in [2.05, 4.69) is 65.5 Å². The zero-order valence-electron chi connectivity index (χ0n) is 17.3. The van der Waals surface area contributed by atoms with Crippen molar-refractivity contribution in [1.82, 2.24) is 9.99 Å². The fourth-order valence-electron chi connectivity index (χ4n) is 3.52. The van der Waals surface area contributed by atoms with Crippen LogP contribution in [0.15, 0.2) is 72.0 Å². The molecular weight excluding hydrogens is 410 g/mol. The summed E-state index contributed by atoms with van der Waals surface area (Å²) in [6.07, 6.45) is 3.70. The number of aryl methyl sites for hydroxylation is 2. The molecule has 3 aromatic carbocycles. The maximum atomic E-state index is 12.3. The molecule has 0 saturated carbocycles. The van der Waals surface area contributed by atoms with E-state index in [1.54, 1.807) is 6.21 Å². The van der Waals surface area contributed by atoms with Crippen LogP contribution < -0.4 is 5.43 Å². The van der Waals surface area contributed by atoms with Gasteiger partial charge in [0, 0.05) is 34.8 Å². The quantitative estimate of drug-likeness (QED) is 0.327. The standard InChI is InChI=1S/C25H22ClN3O2/c1-16-6-7-17(2)20(12-16)15-29-11-10-21-19(4-3-5-23(21)29)14-27-28-25(31)18-8-9-24(30)22(26)13-18/h3-14,30H,15H2,1-2H3,(H,28,31). The Morgan fingerprint density at radius 3 is 2.77 bits per heavy atom. The summed E-state index contributed by atoms with van der Waals surface area (Å²) in [7, 11) is 0. The van der Waals surface area contributed by atoms with Crippen molar-refractivity contribution in [2.45, 2.75) is 20.4 Å². The van der Waals surface area contributed by atoms with Crippen molar-refractivity contribution in [3.8, 4) is 5.75 Å². The summed E-state index contributed by atoms with van der Waals surface area (Å²) in [6, 6.07) is 18.8. The lowest BCUT2D eigenvalue weighted by atomic mass is 10.1. The number of nitrogens with zero attached hydrogens (tertiary/aromatic N) is 2. The molecule has 6 heteroatoms. The zero-order chi connectivity index (χ0) is 22.0. The summed E-state index contributed by atoms with van der Waals surface area (Å²) in [4.78, 5) is 12.3. The second kappa shape index (κ2) is 8.66. The van der Waals surface area contributed by atoms with Gasteiger partial charge in [-0.05, 0) is 55.3 Å². The Bertz CT molecular complexity index is 1310. The topological polar surface area (TPSA) is 66.6 Å². The van der Waals surface area contributed by atoms with Gasteiger partial charge >= 0.3 is 0 Å². The molecule has 0 saturated heterocycles. The first-order valence-electron chi connectivity index (χ1n) is 9.88. The predicted molar refractivity (Wildman–Crippen MR) is 125 cm³/mol. The van der Waals surface area contributed by atoms with Crippen LogP contribution in [0, 0.1) is 13.8 Å². The summed E-state index contributed by atoms with van der Waals surface area (Å²) in [5.74, 6) is -0.475. The SMILES string of the molecule is Cc1ccc(C)c(Cn2ccc3c(C=NNC(=O)c4ccc(O)c(Cl)c4)cccc32)c1. The van der Waals surface area contributed by atoms with Gasteiger partial charge in [0.1, 0.15) is 5.75 Å². The molecule has 0 unspecified atom stereocenters. The van der Waals surface area contributed by atoms with Gasteiger partial charge in [-0.1, -0.05) is 47.5 Å². The lowest BCUT2D eigenvalue weighted by Crippen LogP contribution is -2.17. The highest BCUT2D eigenvalue weighted by Gasteiger charge is 2.09. The summed E-state index contributed by atoms with van der Waals surface area (Å²) in [5, 5.41) is 14.8. The van der Waals surface area contributed by atoms with Crippen LogP contribution in [0.4, 0.5) is 0 Å². The van der Waals surface area contributed by atoms with Crippen molar-refractivity contribution in [3.05, 3.63) is 99.7 Å². The van der Waals surface area contributed by atoms with Gasteiger partial charge in [-0.3, -0.25) is 4.79 Å². The lowest BCUT2D eigenvalue weighted by Gasteiger charge is -2.10. The molecule has 0 aliphatic heterocycles. The average molecular weight is 432 g/mol. The molecule has 0 fully saturated rings. The van der Waals surface area contributed by atoms with Crippen LogP contribution in [0.5, 0.6) is 5.75 Å². The Kier molecular flexibility index (Phi) is 5.78. The third-order valence-corrected chi connectivity index (χ3v) is 5.58. The first kappa shape index (κ1) is 20.7. The van der Waals surface area contributed by atoms with Crippen molar-refractivity contribution >= 4 is 34.6 Å². The molecule has 5 nitrogen and oxygen atoms in total. The number of benzene rings is 3. The number of amides is 1. The molecule has 1 aromatic heterocycles. The number of rotatable bonds is 5. The van der Waals surface area contributed by atoms with Crippen LogP contribution in [-0.2, 0) is 6.54 Å². The van der Waals surface area contributed by atoms with E-state index in [4.69, 9.17) is 11.6 Å². The minimum atomic E-state index is -0.405. The molecule has 31 heavy (non-hydrogen) atoms. The Morgan fingerprint density at radius 1 is 1.13 bits per heavy atom. The van der Waals surface area contributed by atoms with Crippen molar-refractivity contribution in [2.75, 3.05) is 0 Å². The monoisotopic (exact) mass is 431 g/mol. The average Bonchev–Trinajstić information content (AvgIpc) is 3.16. The fourth-order valence-corrected chi connectivity index (χ4v) is 3.71. The normalized spacial score (nSPS) is 11.3. The second-order valence-corrected chi connectivity index (χ2v) is 7.93. The molecule has 0 radical (unpaired) electrons. The van der Waals surface area contributed by atoms with Crippen molar-refractivity contribution in [2.24, 2.45) is 5.10 Å². The number of hydrogen-bond acceptors (Lipinski definition) is 3. The first-order chi connectivity index (χ1) is 14.9. The number of fused-ring (bicyclic) bond motifs is 1. The largest absolute Gasteiger partial charge is 0.506 e. The Morgan fingerprint density at radius 2 is 1.97 bits per heavy atom. The van der Waals surface area contributed by atoms with Gasteiger partial charge < -0.3 is 9.67 Å². The third kappa shape index (κ3) is 4.47. The van der Waals surface area contributed by atoms with E-state index in [1.165, 1.54) is 34.9 Å². The second-order valence-electron chi connectivity index (χ2n) is 7.52. The molecule has 4 rings (SSSR count). The number of hydrazone groups is 1. The smallest absolute Gasteiger partial charge is 0.271 e. The molecule has 0 aliphatic rings. The molecular formula is C25H22ClN3O2. The summed E-state index contributed by atoms with van der Waals surface area (Å²) in [6.45, 7) is 5.02. The number of aromatic nitrogens is 1. The molecule has 0 bridgehead atoms. The fraction of sp³-hybridized carbons (Fsp3) is 0.120. The van der Waals surface area contributed by atoms with Crippen molar-refractivity contribution in [3.63, 3.8) is 0 Å². The van der Waals surface area contributed by atoms with Gasteiger partial charge in [0.15, 0.2) is 0 Å². The van der Waals surface area contributed by atoms with E-state index < -0.39 is 5.91 Å². The number of carbonyl (C=O) groups is 1. The third-order valence-electron chi connectivity index (χ3n) is 5.27. The minimum absolute atomic E-state index is 0.0706. The number of nitrogens with one attached hydrogen (secondary N) is 1. The zero-order valence-corrected chi connectivity index (χ0v) is 18.0. The number of phenolic OH excluding ortho intramolecular Hbond substituents is 1. The van der Waals surface area contributed by atoms with Gasteiger partial charge in [-0.25, -0.2) is 5.43 Å². The van der Waals surface area contributed by atoms with Gasteiger partial charge in [-0.2, -0.15) is 5.10 Å². The number of carbonyl (C=O) groups excluding carboxylic acids is 1. The molecule has 0 atom stereocenters. The van der Waals surface area contributed by atoms with Gasteiger partial charge in [0.05, 0.1) is 11.2 Å². The summed E-state index contributed by atoms with van der Waals surface area (Å²) >= 11 is 5.86. The Balaban J connectivity index is 1.54. The highest BCUT2D eigenvalue weighted by atomic mass is 35.5. The lowest BCUT2D eigenvalue weighted by molar-refractivity contribution is 0.0955. The van der Waals surface area contributed by atoms with E-state index in [-0.39, 0.29) is 10.8 Å². The molecule has 156 valence electrons. The molecule has 2 N–H and O–H groups in total. The number of hydrogen-bond donors (Lipinski definition) is 2. The van der Waals surface area contributed by atoms with E-state index in [9.17, 15) is 9.90 Å². The predicted octanol–water partition coefficient (Wildman–Crippen LogP) is 5.43. The van der Waals surface area contributed by atoms with E-state index in [1.807, 2.05) is 12.1 Å². The first-order valence-corrected chi connectivity index (χ1v) is 10.3. The van der Waals surface area contributed by atoms with Crippen LogP contribution in [-0.4, -0.2) is 21.8 Å². The van der Waals surface area contributed by atoms with Crippen LogP contribution in [0.25, 0.3) is 10.9 Å². The minimum Gasteiger partial charge on any atom is -0.506 e. The van der Waals surface area contributed by atoms with Crippen molar-refractivity contribution in [1.29, 1.82) is 0 Å².